The molecule has 21 heavy (non-hydrogen) atoms. The number of methoxy groups -OCH3 is 1. The van der Waals surface area contributed by atoms with Crippen molar-refractivity contribution in [1.82, 2.24) is 5.32 Å². The van der Waals surface area contributed by atoms with E-state index in [1.165, 1.54) is 0 Å². The van der Waals surface area contributed by atoms with Gasteiger partial charge in [0, 0.05) is 5.56 Å². The van der Waals surface area contributed by atoms with Gasteiger partial charge in [0.15, 0.2) is 6.54 Å². The molecule has 0 aromatic heterocycles. The first-order chi connectivity index (χ1) is 10.1. The molecule has 2 N–H and O–H groups in total. The van der Waals surface area contributed by atoms with Crippen molar-refractivity contribution in [2.45, 2.75) is 20.4 Å². The topological polar surface area (TPSA) is 69.1 Å². The van der Waals surface area contributed by atoms with Crippen molar-refractivity contribution >= 4 is 12.0 Å². The number of carbonyl (C=O) groups excluding carboxylic acids is 2. The number of alkyl carbamates (subject to hydrolysis) is 1. The van der Waals surface area contributed by atoms with Crippen molar-refractivity contribution in [2.75, 3.05) is 26.8 Å². The number of carbonyl (C=O) groups is 2. The lowest BCUT2D eigenvalue weighted by Gasteiger charge is -2.18. The van der Waals surface area contributed by atoms with E-state index in [-0.39, 0.29) is 19.1 Å². The maximum Gasteiger partial charge on any atom is 0.414 e. The minimum Gasteiger partial charge on any atom is -0.496 e. The van der Waals surface area contributed by atoms with Crippen LogP contribution in [0.15, 0.2) is 24.3 Å². The number of para-hydroxylation sites is 1. The molecule has 0 saturated heterocycles. The lowest BCUT2D eigenvalue weighted by Crippen LogP contribution is -3.11. The molecular weight excluding hydrogens is 272 g/mol. The molecule has 1 aromatic carbocycles. The van der Waals surface area contributed by atoms with Crippen molar-refractivity contribution in [3.63, 3.8) is 0 Å². The van der Waals surface area contributed by atoms with Crippen LogP contribution in [0.5, 0.6) is 5.75 Å². The average Bonchev–Trinajstić information content (AvgIpc) is 2.47. The Bertz CT molecular complexity index is 476. The van der Waals surface area contributed by atoms with Crippen LogP contribution in [-0.4, -0.2) is 38.8 Å². The smallest absolute Gasteiger partial charge is 0.414 e. The van der Waals surface area contributed by atoms with E-state index in [2.05, 4.69) is 10.1 Å². The number of amides is 2. The van der Waals surface area contributed by atoms with E-state index in [1.807, 2.05) is 31.2 Å². The summed E-state index contributed by atoms with van der Waals surface area (Å²) in [6, 6.07) is 7.70. The van der Waals surface area contributed by atoms with E-state index in [0.717, 1.165) is 22.8 Å². The number of nitrogens with one attached hydrogen (secondary N) is 2. The Kier molecular flexibility index (Phi) is 7.25. The first-order valence-electron chi connectivity index (χ1n) is 7.02. The summed E-state index contributed by atoms with van der Waals surface area (Å²) in [5, 5.41) is 2.21. The molecule has 1 unspecified atom stereocenters. The van der Waals surface area contributed by atoms with Crippen molar-refractivity contribution in [3.05, 3.63) is 29.8 Å². The lowest BCUT2D eigenvalue weighted by molar-refractivity contribution is -0.904. The largest absolute Gasteiger partial charge is 0.496 e. The van der Waals surface area contributed by atoms with Crippen LogP contribution >= 0.6 is 0 Å². The summed E-state index contributed by atoms with van der Waals surface area (Å²) in [4.78, 5) is 24.0. The number of benzene rings is 1. The molecule has 0 heterocycles. The third-order valence-corrected chi connectivity index (χ3v) is 3.06. The fourth-order valence-corrected chi connectivity index (χ4v) is 1.98. The van der Waals surface area contributed by atoms with Crippen LogP contribution in [0, 0.1) is 0 Å². The molecule has 1 aromatic rings. The zero-order valence-electron chi connectivity index (χ0n) is 12.8. The first kappa shape index (κ1) is 17.0. The van der Waals surface area contributed by atoms with E-state index in [4.69, 9.17) is 4.74 Å². The normalized spacial score (nSPS) is 11.6. The number of hydrogen-bond donors (Lipinski definition) is 2. The summed E-state index contributed by atoms with van der Waals surface area (Å²) in [6.45, 7) is 5.53. The highest BCUT2D eigenvalue weighted by molar-refractivity contribution is 5.92. The van der Waals surface area contributed by atoms with E-state index in [9.17, 15) is 9.59 Å². The van der Waals surface area contributed by atoms with Crippen LogP contribution in [0.4, 0.5) is 4.79 Å². The van der Waals surface area contributed by atoms with E-state index in [1.54, 1.807) is 14.0 Å². The SMILES string of the molecule is CCOC(=O)NC(=O)C[NH+](CC)Cc1ccccc1OC. The van der Waals surface area contributed by atoms with Gasteiger partial charge in [0.05, 0.1) is 20.3 Å². The molecule has 0 aliphatic carbocycles. The molecule has 0 fully saturated rings. The van der Waals surface area contributed by atoms with Crippen LogP contribution in [-0.2, 0) is 16.1 Å². The second-order valence-corrected chi connectivity index (χ2v) is 4.54. The summed E-state index contributed by atoms with van der Waals surface area (Å²) >= 11 is 0. The second kappa shape index (κ2) is 8.97. The number of likely N-dealkylation sites (N-methyl/N-ethyl adjacent to an activating group) is 1. The molecule has 0 aliphatic rings. The Morgan fingerprint density at radius 1 is 1.24 bits per heavy atom. The van der Waals surface area contributed by atoms with Gasteiger partial charge in [-0.3, -0.25) is 10.1 Å². The van der Waals surface area contributed by atoms with Gasteiger partial charge in [0.2, 0.25) is 0 Å². The van der Waals surface area contributed by atoms with Crippen molar-refractivity contribution < 1.29 is 24.0 Å². The number of quaternary nitrogens is 1. The molecule has 6 nitrogen and oxygen atoms in total. The highest BCUT2D eigenvalue weighted by Gasteiger charge is 2.17. The third kappa shape index (κ3) is 5.83. The number of rotatable bonds is 7. The molecule has 1 rings (SSSR count). The molecule has 0 saturated carbocycles. The van der Waals surface area contributed by atoms with Gasteiger partial charge in [0.25, 0.3) is 5.91 Å². The zero-order valence-corrected chi connectivity index (χ0v) is 12.8. The lowest BCUT2D eigenvalue weighted by atomic mass is 10.2. The van der Waals surface area contributed by atoms with Gasteiger partial charge in [-0.1, -0.05) is 12.1 Å². The highest BCUT2D eigenvalue weighted by atomic mass is 16.5. The quantitative estimate of drug-likeness (QED) is 0.763. The molecular formula is C15H23N2O4+. The second-order valence-electron chi connectivity index (χ2n) is 4.54. The van der Waals surface area contributed by atoms with E-state index >= 15 is 0 Å². The molecule has 0 radical (unpaired) electrons. The summed E-state index contributed by atoms with van der Waals surface area (Å²) in [6.07, 6.45) is -0.699. The Labute approximate surface area is 125 Å². The molecule has 2 amide bonds. The minimum absolute atomic E-state index is 0.202. The molecule has 116 valence electrons. The summed E-state index contributed by atoms with van der Waals surface area (Å²) in [7, 11) is 1.62. The summed E-state index contributed by atoms with van der Waals surface area (Å²) in [5.74, 6) is 0.453. The molecule has 0 bridgehead atoms. The van der Waals surface area contributed by atoms with Gasteiger partial charge in [-0.05, 0) is 26.0 Å². The number of imide groups is 1. The molecule has 0 spiro atoms. The maximum absolute atomic E-state index is 11.8. The van der Waals surface area contributed by atoms with Gasteiger partial charge in [-0.15, -0.1) is 0 Å². The van der Waals surface area contributed by atoms with Crippen LogP contribution < -0.4 is 15.0 Å². The van der Waals surface area contributed by atoms with Crippen molar-refractivity contribution in [3.8, 4) is 5.75 Å². The first-order valence-corrected chi connectivity index (χ1v) is 7.02. The van der Waals surface area contributed by atoms with Crippen LogP contribution in [0.2, 0.25) is 0 Å². The van der Waals surface area contributed by atoms with E-state index in [0.29, 0.717) is 6.54 Å². The van der Waals surface area contributed by atoms with Gasteiger partial charge >= 0.3 is 6.09 Å². The molecule has 6 heteroatoms. The summed E-state index contributed by atoms with van der Waals surface area (Å²) in [5.41, 5.74) is 1.03. The Hall–Kier alpha value is -2.08. The fraction of sp³-hybridized carbons (Fsp3) is 0.467. The average molecular weight is 295 g/mol. The van der Waals surface area contributed by atoms with Crippen LogP contribution in [0.3, 0.4) is 0 Å². The predicted molar refractivity (Wildman–Crippen MR) is 78.2 cm³/mol. The Balaban J connectivity index is 2.59. The minimum atomic E-state index is -0.699. The van der Waals surface area contributed by atoms with Crippen molar-refractivity contribution in [1.29, 1.82) is 0 Å². The molecule has 0 aliphatic heterocycles. The van der Waals surface area contributed by atoms with E-state index < -0.39 is 6.09 Å². The maximum atomic E-state index is 11.8. The van der Waals surface area contributed by atoms with Gasteiger partial charge in [-0.25, -0.2) is 4.79 Å². The van der Waals surface area contributed by atoms with Crippen molar-refractivity contribution in [2.24, 2.45) is 0 Å². The van der Waals surface area contributed by atoms with Crippen LogP contribution in [0.25, 0.3) is 0 Å². The fourth-order valence-electron chi connectivity index (χ4n) is 1.98. The zero-order chi connectivity index (χ0) is 15.7. The number of hydrogen-bond acceptors (Lipinski definition) is 4. The van der Waals surface area contributed by atoms with Crippen LogP contribution in [0.1, 0.15) is 19.4 Å². The Morgan fingerprint density at radius 2 is 1.95 bits per heavy atom. The third-order valence-electron chi connectivity index (χ3n) is 3.06. The monoisotopic (exact) mass is 295 g/mol. The van der Waals surface area contributed by atoms with Gasteiger partial charge in [-0.2, -0.15) is 0 Å². The summed E-state index contributed by atoms with van der Waals surface area (Å²) < 4.78 is 9.99. The standard InChI is InChI=1S/C15H22N2O4/c1-4-17(11-14(18)16-15(19)21-5-2)10-12-8-6-7-9-13(12)20-3/h6-9H,4-5,10-11H2,1-3H3,(H,16,18,19)/p+1. The molecule has 1 atom stereocenters. The van der Waals surface area contributed by atoms with Gasteiger partial charge < -0.3 is 14.4 Å². The van der Waals surface area contributed by atoms with Gasteiger partial charge in [0.1, 0.15) is 12.3 Å². The highest BCUT2D eigenvalue weighted by Crippen LogP contribution is 2.15. The Morgan fingerprint density at radius 3 is 2.57 bits per heavy atom. The predicted octanol–water partition coefficient (Wildman–Crippen LogP) is 0.373. The number of ether oxygens (including phenoxy) is 2.